The SMILES string of the molecule is O=C(O)c1ccccc1Cc1nc(N2CCCC2)c2cscc2n1. The van der Waals surface area contributed by atoms with Crippen molar-refractivity contribution in [3.8, 4) is 0 Å². The molecule has 0 radical (unpaired) electrons. The molecule has 1 aliphatic heterocycles. The molecule has 3 aromatic rings. The molecule has 24 heavy (non-hydrogen) atoms. The van der Waals surface area contributed by atoms with Crippen LogP contribution in [0.15, 0.2) is 35.0 Å². The average molecular weight is 339 g/mol. The molecule has 5 nitrogen and oxygen atoms in total. The van der Waals surface area contributed by atoms with Gasteiger partial charge in [0.25, 0.3) is 0 Å². The van der Waals surface area contributed by atoms with E-state index in [1.165, 1.54) is 12.8 Å². The first-order valence-corrected chi connectivity index (χ1v) is 8.95. The maximum Gasteiger partial charge on any atom is 0.335 e. The number of anilines is 1. The quantitative estimate of drug-likeness (QED) is 0.787. The summed E-state index contributed by atoms with van der Waals surface area (Å²) in [5, 5.41) is 14.6. The van der Waals surface area contributed by atoms with Crippen molar-refractivity contribution in [3.05, 3.63) is 52.0 Å². The molecule has 0 atom stereocenters. The Morgan fingerprint density at radius 2 is 1.96 bits per heavy atom. The van der Waals surface area contributed by atoms with Crippen molar-refractivity contribution >= 4 is 34.0 Å². The number of hydrogen-bond donors (Lipinski definition) is 1. The zero-order valence-electron chi connectivity index (χ0n) is 13.1. The van der Waals surface area contributed by atoms with Gasteiger partial charge >= 0.3 is 5.97 Å². The van der Waals surface area contributed by atoms with Crippen LogP contribution in [0.1, 0.15) is 34.6 Å². The van der Waals surface area contributed by atoms with Crippen molar-refractivity contribution in [2.75, 3.05) is 18.0 Å². The minimum Gasteiger partial charge on any atom is -0.478 e. The fourth-order valence-electron chi connectivity index (χ4n) is 3.19. The molecule has 0 unspecified atom stereocenters. The van der Waals surface area contributed by atoms with E-state index in [-0.39, 0.29) is 0 Å². The third kappa shape index (κ3) is 2.73. The molecule has 1 aromatic carbocycles. The van der Waals surface area contributed by atoms with Crippen LogP contribution in [0.2, 0.25) is 0 Å². The van der Waals surface area contributed by atoms with Gasteiger partial charge in [0.1, 0.15) is 11.6 Å². The van der Waals surface area contributed by atoms with E-state index in [0.29, 0.717) is 17.8 Å². The molecule has 3 heterocycles. The minimum absolute atomic E-state index is 0.314. The smallest absolute Gasteiger partial charge is 0.335 e. The van der Waals surface area contributed by atoms with Crippen LogP contribution in [0.25, 0.3) is 10.9 Å². The van der Waals surface area contributed by atoms with E-state index >= 15 is 0 Å². The van der Waals surface area contributed by atoms with Crippen molar-refractivity contribution in [2.45, 2.75) is 19.3 Å². The second kappa shape index (κ2) is 6.20. The second-order valence-electron chi connectivity index (χ2n) is 5.97. The van der Waals surface area contributed by atoms with Gasteiger partial charge in [-0.05, 0) is 24.5 Å². The summed E-state index contributed by atoms with van der Waals surface area (Å²) in [7, 11) is 0. The number of aromatic nitrogens is 2. The van der Waals surface area contributed by atoms with Gasteiger partial charge in [0.2, 0.25) is 0 Å². The molecule has 0 spiro atoms. The van der Waals surface area contributed by atoms with Gasteiger partial charge in [-0.3, -0.25) is 0 Å². The molecule has 1 aliphatic rings. The maximum absolute atomic E-state index is 11.4. The third-order valence-corrected chi connectivity index (χ3v) is 5.10. The summed E-state index contributed by atoms with van der Waals surface area (Å²) in [6, 6.07) is 7.06. The Bertz CT molecular complexity index is 900. The zero-order valence-corrected chi connectivity index (χ0v) is 13.9. The Balaban J connectivity index is 1.76. The lowest BCUT2D eigenvalue weighted by Crippen LogP contribution is -2.20. The normalized spacial score (nSPS) is 14.4. The molecule has 1 saturated heterocycles. The molecule has 6 heteroatoms. The van der Waals surface area contributed by atoms with E-state index in [1.807, 2.05) is 17.5 Å². The highest BCUT2D eigenvalue weighted by Crippen LogP contribution is 2.30. The third-order valence-electron chi connectivity index (χ3n) is 4.37. The molecule has 0 aliphatic carbocycles. The van der Waals surface area contributed by atoms with Crippen LogP contribution < -0.4 is 4.90 Å². The highest BCUT2D eigenvalue weighted by molar-refractivity contribution is 7.09. The van der Waals surface area contributed by atoms with Crippen LogP contribution in [0.5, 0.6) is 0 Å². The molecule has 0 amide bonds. The Kier molecular flexibility index (Phi) is 3.90. The molecule has 0 saturated carbocycles. The van der Waals surface area contributed by atoms with E-state index in [9.17, 15) is 9.90 Å². The van der Waals surface area contributed by atoms with E-state index in [4.69, 9.17) is 4.98 Å². The predicted octanol–water partition coefficient (Wildman–Crippen LogP) is 3.58. The first-order chi connectivity index (χ1) is 11.7. The Morgan fingerprint density at radius 1 is 1.17 bits per heavy atom. The number of aromatic carboxylic acids is 1. The number of carboxylic acid groups (broad SMARTS) is 1. The lowest BCUT2D eigenvalue weighted by atomic mass is 10.0. The lowest BCUT2D eigenvalue weighted by molar-refractivity contribution is 0.0696. The fraction of sp³-hybridized carbons (Fsp3) is 0.278. The maximum atomic E-state index is 11.4. The van der Waals surface area contributed by atoms with Crippen molar-refractivity contribution < 1.29 is 9.90 Å². The Labute approximate surface area is 143 Å². The van der Waals surface area contributed by atoms with Crippen molar-refractivity contribution in [3.63, 3.8) is 0 Å². The predicted molar refractivity (Wildman–Crippen MR) is 95.1 cm³/mol. The number of nitrogens with zero attached hydrogens (tertiary/aromatic N) is 3. The zero-order chi connectivity index (χ0) is 16.5. The molecule has 1 fully saturated rings. The monoisotopic (exact) mass is 339 g/mol. The molecule has 122 valence electrons. The van der Waals surface area contributed by atoms with Crippen LogP contribution in [-0.2, 0) is 6.42 Å². The van der Waals surface area contributed by atoms with Gasteiger partial charge in [-0.1, -0.05) is 18.2 Å². The van der Waals surface area contributed by atoms with Gasteiger partial charge in [-0.2, -0.15) is 0 Å². The molecule has 4 rings (SSSR count). The van der Waals surface area contributed by atoms with Crippen molar-refractivity contribution in [1.82, 2.24) is 9.97 Å². The van der Waals surface area contributed by atoms with Gasteiger partial charge in [-0.15, -0.1) is 11.3 Å². The van der Waals surface area contributed by atoms with Crippen LogP contribution >= 0.6 is 11.3 Å². The van der Waals surface area contributed by atoms with Crippen molar-refractivity contribution in [2.24, 2.45) is 0 Å². The number of rotatable bonds is 4. The minimum atomic E-state index is -0.915. The lowest BCUT2D eigenvalue weighted by Gasteiger charge is -2.18. The molecule has 0 bridgehead atoms. The average Bonchev–Trinajstić information content (AvgIpc) is 3.26. The van der Waals surface area contributed by atoms with E-state index < -0.39 is 5.97 Å². The number of hydrogen-bond acceptors (Lipinski definition) is 5. The molecule has 1 N–H and O–H groups in total. The molecular weight excluding hydrogens is 322 g/mol. The van der Waals surface area contributed by atoms with Gasteiger partial charge in [0, 0.05) is 30.3 Å². The van der Waals surface area contributed by atoms with Crippen LogP contribution in [0.3, 0.4) is 0 Å². The molecular formula is C18H17N3O2S. The summed E-state index contributed by atoms with van der Waals surface area (Å²) in [5.41, 5.74) is 2.00. The number of thiophene rings is 1. The first kappa shape index (κ1) is 15.1. The number of benzene rings is 1. The van der Waals surface area contributed by atoms with Gasteiger partial charge < -0.3 is 10.0 Å². The summed E-state index contributed by atoms with van der Waals surface area (Å²) in [6.07, 6.45) is 2.80. The standard InChI is InChI=1S/C18H17N3O2S/c22-18(23)13-6-2-1-5-12(13)9-16-19-15-11-24-10-14(15)17(20-16)21-7-3-4-8-21/h1-2,5-6,10-11H,3-4,7-9H2,(H,22,23). The Morgan fingerprint density at radius 3 is 2.75 bits per heavy atom. The molecule has 2 aromatic heterocycles. The van der Waals surface area contributed by atoms with Crippen LogP contribution in [-0.4, -0.2) is 34.1 Å². The van der Waals surface area contributed by atoms with Gasteiger partial charge in [0.05, 0.1) is 16.5 Å². The number of carboxylic acids is 1. The van der Waals surface area contributed by atoms with E-state index in [0.717, 1.165) is 35.4 Å². The second-order valence-corrected chi connectivity index (χ2v) is 6.71. The van der Waals surface area contributed by atoms with Gasteiger partial charge in [-0.25, -0.2) is 14.8 Å². The highest BCUT2D eigenvalue weighted by Gasteiger charge is 2.19. The number of fused-ring (bicyclic) bond motifs is 1. The summed E-state index contributed by atoms with van der Waals surface area (Å²) in [6.45, 7) is 2.04. The largest absolute Gasteiger partial charge is 0.478 e. The summed E-state index contributed by atoms with van der Waals surface area (Å²) >= 11 is 1.63. The van der Waals surface area contributed by atoms with Crippen LogP contribution in [0.4, 0.5) is 5.82 Å². The fourth-order valence-corrected chi connectivity index (χ4v) is 3.93. The van der Waals surface area contributed by atoms with E-state index in [2.05, 4.69) is 15.3 Å². The van der Waals surface area contributed by atoms with E-state index in [1.54, 1.807) is 23.5 Å². The van der Waals surface area contributed by atoms with Crippen molar-refractivity contribution in [1.29, 1.82) is 0 Å². The van der Waals surface area contributed by atoms with Crippen LogP contribution in [0, 0.1) is 0 Å². The van der Waals surface area contributed by atoms with Gasteiger partial charge in [0.15, 0.2) is 0 Å². The highest BCUT2D eigenvalue weighted by atomic mass is 32.1. The first-order valence-electron chi connectivity index (χ1n) is 8.01. The summed E-state index contributed by atoms with van der Waals surface area (Å²) in [4.78, 5) is 23.1. The summed E-state index contributed by atoms with van der Waals surface area (Å²) in [5.74, 6) is 0.750. The summed E-state index contributed by atoms with van der Waals surface area (Å²) < 4.78 is 0. The topological polar surface area (TPSA) is 66.3 Å². The number of carbonyl (C=O) groups is 1. The Hall–Kier alpha value is -2.47.